The molecule has 1 unspecified atom stereocenters. The lowest BCUT2D eigenvalue weighted by Crippen LogP contribution is -2.55. The van der Waals surface area contributed by atoms with E-state index in [-0.39, 0.29) is 35.6 Å². The van der Waals surface area contributed by atoms with Gasteiger partial charge in [0.2, 0.25) is 17.7 Å². The number of likely N-dealkylation sites (tertiary alicyclic amines) is 1. The quantitative estimate of drug-likeness (QED) is 0.491. The van der Waals surface area contributed by atoms with E-state index in [0.717, 1.165) is 25.7 Å². The van der Waals surface area contributed by atoms with E-state index in [9.17, 15) is 14.4 Å². The third-order valence-electron chi connectivity index (χ3n) is 5.17. The number of amides is 3. The van der Waals surface area contributed by atoms with Gasteiger partial charge in [0.15, 0.2) is 0 Å². The van der Waals surface area contributed by atoms with Gasteiger partial charge in [-0.15, -0.1) is 6.58 Å². The van der Waals surface area contributed by atoms with Crippen molar-refractivity contribution in [2.45, 2.75) is 84.3 Å². The second-order valence-electron chi connectivity index (χ2n) is 8.68. The van der Waals surface area contributed by atoms with E-state index in [0.29, 0.717) is 19.5 Å². The van der Waals surface area contributed by atoms with E-state index in [1.807, 2.05) is 20.8 Å². The molecule has 4 N–H and O–H groups in total. The van der Waals surface area contributed by atoms with Gasteiger partial charge in [0.25, 0.3) is 0 Å². The minimum absolute atomic E-state index is 0.115. The van der Waals surface area contributed by atoms with Gasteiger partial charge in [-0.2, -0.15) is 0 Å². The summed E-state index contributed by atoms with van der Waals surface area (Å²) in [6.07, 6.45) is 5.88. The molecule has 0 aromatic heterocycles. The summed E-state index contributed by atoms with van der Waals surface area (Å²) in [6, 6.07) is -1.41. The summed E-state index contributed by atoms with van der Waals surface area (Å²) < 4.78 is 0. The average molecular weight is 395 g/mol. The number of nitrogens with one attached hydrogen (secondary N) is 2. The van der Waals surface area contributed by atoms with Crippen molar-refractivity contribution < 1.29 is 14.4 Å². The number of nitrogens with two attached hydrogens (primary N) is 1. The summed E-state index contributed by atoms with van der Waals surface area (Å²) in [5.41, 5.74) is 5.76. The topological polar surface area (TPSA) is 105 Å². The zero-order valence-corrected chi connectivity index (χ0v) is 17.9. The molecule has 1 fully saturated rings. The van der Waals surface area contributed by atoms with Crippen LogP contribution in [0.1, 0.15) is 66.2 Å². The Balaban J connectivity index is 2.77. The highest BCUT2D eigenvalue weighted by Gasteiger charge is 2.39. The van der Waals surface area contributed by atoms with Crippen LogP contribution in [0, 0.1) is 5.41 Å². The van der Waals surface area contributed by atoms with Crippen molar-refractivity contribution in [1.29, 1.82) is 0 Å². The number of nitrogens with zero attached hydrogens (tertiary/aromatic N) is 1. The van der Waals surface area contributed by atoms with E-state index >= 15 is 0 Å². The first-order valence-electron chi connectivity index (χ1n) is 10.4. The Morgan fingerprint density at radius 2 is 2.00 bits per heavy atom. The zero-order chi connectivity index (χ0) is 21.3. The van der Waals surface area contributed by atoms with Gasteiger partial charge >= 0.3 is 0 Å². The van der Waals surface area contributed by atoms with Gasteiger partial charge in [0.05, 0.1) is 6.04 Å². The second kappa shape index (κ2) is 11.2. The third-order valence-corrected chi connectivity index (χ3v) is 5.17. The van der Waals surface area contributed by atoms with Crippen molar-refractivity contribution in [2.24, 2.45) is 11.1 Å². The molecular formula is C21H38N4O3. The van der Waals surface area contributed by atoms with Crippen molar-refractivity contribution in [3.63, 3.8) is 0 Å². The summed E-state index contributed by atoms with van der Waals surface area (Å²) in [7, 11) is 0. The Bertz CT molecular complexity index is 556. The maximum atomic E-state index is 12.9. The van der Waals surface area contributed by atoms with Crippen LogP contribution >= 0.6 is 0 Å². The van der Waals surface area contributed by atoms with Gasteiger partial charge < -0.3 is 21.3 Å². The molecule has 1 aliphatic rings. The molecule has 0 bridgehead atoms. The molecule has 1 heterocycles. The molecule has 7 heteroatoms. The van der Waals surface area contributed by atoms with Gasteiger partial charge in [-0.1, -0.05) is 46.6 Å². The Kier molecular flexibility index (Phi) is 9.65. The molecule has 0 aromatic carbocycles. The molecule has 160 valence electrons. The van der Waals surface area contributed by atoms with E-state index in [1.54, 1.807) is 11.0 Å². The lowest BCUT2D eigenvalue weighted by atomic mass is 9.86. The molecule has 3 atom stereocenters. The van der Waals surface area contributed by atoms with Crippen molar-refractivity contribution in [3.05, 3.63) is 12.7 Å². The maximum Gasteiger partial charge on any atom is 0.243 e. The van der Waals surface area contributed by atoms with Crippen LogP contribution in [0.4, 0.5) is 0 Å². The summed E-state index contributed by atoms with van der Waals surface area (Å²) in [4.78, 5) is 39.4. The van der Waals surface area contributed by atoms with Gasteiger partial charge in [0, 0.05) is 25.6 Å². The molecule has 0 saturated carbocycles. The SMILES string of the molecule is C=CCNC(=O)CC(CCCC)NC(=O)[C@@H]1CCCN1C(=O)[C@@H](N)C(C)(C)C. The van der Waals surface area contributed by atoms with Gasteiger partial charge in [-0.3, -0.25) is 14.4 Å². The first-order valence-corrected chi connectivity index (χ1v) is 10.4. The number of rotatable bonds is 10. The smallest absolute Gasteiger partial charge is 0.243 e. The van der Waals surface area contributed by atoms with E-state index in [2.05, 4.69) is 24.1 Å². The third kappa shape index (κ3) is 7.26. The normalized spacial score (nSPS) is 19.0. The highest BCUT2D eigenvalue weighted by atomic mass is 16.2. The first-order chi connectivity index (χ1) is 13.1. The maximum absolute atomic E-state index is 12.9. The van der Waals surface area contributed by atoms with Crippen LogP contribution < -0.4 is 16.4 Å². The molecule has 1 saturated heterocycles. The second-order valence-corrected chi connectivity index (χ2v) is 8.68. The Labute approximate surface area is 169 Å². The van der Waals surface area contributed by atoms with Gasteiger partial charge in [-0.05, 0) is 24.7 Å². The largest absolute Gasteiger partial charge is 0.353 e. The first kappa shape index (κ1) is 24.1. The minimum Gasteiger partial charge on any atom is -0.353 e. The molecule has 0 spiro atoms. The van der Waals surface area contributed by atoms with Crippen LogP contribution in [-0.2, 0) is 14.4 Å². The molecule has 0 radical (unpaired) electrons. The molecule has 0 aromatic rings. The van der Waals surface area contributed by atoms with Crippen LogP contribution in [0.25, 0.3) is 0 Å². The van der Waals surface area contributed by atoms with Crippen LogP contribution in [-0.4, -0.2) is 53.8 Å². The predicted molar refractivity (Wildman–Crippen MR) is 111 cm³/mol. The summed E-state index contributed by atoms with van der Waals surface area (Å²) >= 11 is 0. The van der Waals surface area contributed by atoms with E-state index in [4.69, 9.17) is 5.73 Å². The highest BCUT2D eigenvalue weighted by molar-refractivity contribution is 5.91. The van der Waals surface area contributed by atoms with E-state index in [1.165, 1.54) is 0 Å². The fourth-order valence-corrected chi connectivity index (χ4v) is 3.31. The van der Waals surface area contributed by atoms with Crippen LogP contribution in [0.15, 0.2) is 12.7 Å². The number of hydrogen-bond donors (Lipinski definition) is 3. The summed E-state index contributed by atoms with van der Waals surface area (Å²) in [5.74, 6) is -0.487. The molecule has 0 aliphatic carbocycles. The number of carbonyl (C=O) groups excluding carboxylic acids is 3. The fraction of sp³-hybridized carbons (Fsp3) is 0.762. The summed E-state index contributed by atoms with van der Waals surface area (Å²) in [6.45, 7) is 12.4. The van der Waals surface area contributed by atoms with E-state index < -0.39 is 12.1 Å². The average Bonchev–Trinajstić information content (AvgIpc) is 3.12. The Morgan fingerprint density at radius 3 is 2.57 bits per heavy atom. The number of carbonyl (C=O) groups is 3. The number of hydrogen-bond acceptors (Lipinski definition) is 4. The van der Waals surface area contributed by atoms with Gasteiger partial charge in [-0.25, -0.2) is 0 Å². The molecule has 3 amide bonds. The standard InChI is InChI=1S/C21H38N4O3/c1-6-8-10-15(14-17(26)23-12-7-2)24-19(27)16-11-9-13-25(16)20(28)18(22)21(3,4)5/h7,15-16,18H,2,6,8-14,22H2,1,3-5H3,(H,23,26)(H,24,27)/t15?,16-,18+/m0/s1. The lowest BCUT2D eigenvalue weighted by molar-refractivity contribution is -0.141. The molecule has 1 rings (SSSR count). The molecule has 1 aliphatic heterocycles. The van der Waals surface area contributed by atoms with Crippen molar-refractivity contribution >= 4 is 17.7 Å². The molecule has 28 heavy (non-hydrogen) atoms. The van der Waals surface area contributed by atoms with Crippen molar-refractivity contribution in [1.82, 2.24) is 15.5 Å². The van der Waals surface area contributed by atoms with Crippen LogP contribution in [0.3, 0.4) is 0 Å². The lowest BCUT2D eigenvalue weighted by Gasteiger charge is -2.33. The van der Waals surface area contributed by atoms with Gasteiger partial charge in [0.1, 0.15) is 6.04 Å². The Morgan fingerprint density at radius 1 is 1.32 bits per heavy atom. The van der Waals surface area contributed by atoms with Crippen LogP contribution in [0.5, 0.6) is 0 Å². The van der Waals surface area contributed by atoms with Crippen molar-refractivity contribution in [3.8, 4) is 0 Å². The predicted octanol–water partition coefficient (Wildman–Crippen LogP) is 1.72. The summed E-state index contributed by atoms with van der Waals surface area (Å²) in [5, 5.41) is 5.75. The number of unbranched alkanes of at least 4 members (excludes halogenated alkanes) is 1. The minimum atomic E-state index is -0.651. The monoisotopic (exact) mass is 394 g/mol. The van der Waals surface area contributed by atoms with Crippen molar-refractivity contribution in [2.75, 3.05) is 13.1 Å². The molecular weight excluding hydrogens is 356 g/mol. The Hall–Kier alpha value is -1.89. The molecule has 7 nitrogen and oxygen atoms in total. The van der Waals surface area contributed by atoms with Crippen LogP contribution in [0.2, 0.25) is 0 Å². The zero-order valence-electron chi connectivity index (χ0n) is 17.9. The fourth-order valence-electron chi connectivity index (χ4n) is 3.31. The highest BCUT2D eigenvalue weighted by Crippen LogP contribution is 2.24.